The van der Waals surface area contributed by atoms with Gasteiger partial charge in [0.15, 0.2) is 5.82 Å². The van der Waals surface area contributed by atoms with Crippen molar-refractivity contribution >= 4 is 16.3 Å². The standard InChI is InChI=1S/C11H15N3OS/c1-6(2)4-9-13-11(15-14-9)10-7(3)5-8(12)16-10/h5-6H,4,12H2,1-3H3. The molecule has 2 heterocycles. The molecular weight excluding hydrogens is 222 g/mol. The van der Waals surface area contributed by atoms with Crippen molar-refractivity contribution < 1.29 is 4.52 Å². The molecule has 2 N–H and O–H groups in total. The van der Waals surface area contributed by atoms with Crippen LogP contribution in [0, 0.1) is 12.8 Å². The maximum Gasteiger partial charge on any atom is 0.268 e. The summed E-state index contributed by atoms with van der Waals surface area (Å²) in [6.45, 7) is 6.25. The normalized spacial score (nSPS) is 11.2. The van der Waals surface area contributed by atoms with Gasteiger partial charge in [-0.15, -0.1) is 11.3 Å². The van der Waals surface area contributed by atoms with Crippen LogP contribution >= 0.6 is 11.3 Å². The topological polar surface area (TPSA) is 64.9 Å². The highest BCUT2D eigenvalue weighted by molar-refractivity contribution is 7.19. The van der Waals surface area contributed by atoms with Gasteiger partial charge in [0.05, 0.1) is 9.88 Å². The van der Waals surface area contributed by atoms with Gasteiger partial charge >= 0.3 is 0 Å². The van der Waals surface area contributed by atoms with E-state index in [4.69, 9.17) is 10.3 Å². The number of anilines is 1. The third-order valence-corrected chi connectivity index (χ3v) is 3.24. The Balaban J connectivity index is 2.28. The zero-order valence-electron chi connectivity index (χ0n) is 9.65. The van der Waals surface area contributed by atoms with Crippen LogP contribution in [-0.2, 0) is 6.42 Å². The lowest BCUT2D eigenvalue weighted by Gasteiger charge is -1.95. The summed E-state index contributed by atoms with van der Waals surface area (Å²) in [5.41, 5.74) is 6.82. The van der Waals surface area contributed by atoms with Crippen LogP contribution in [0.15, 0.2) is 10.6 Å². The number of nitrogens with zero attached hydrogens (tertiary/aromatic N) is 2. The molecule has 2 aromatic rings. The minimum absolute atomic E-state index is 0.528. The Hall–Kier alpha value is -1.36. The van der Waals surface area contributed by atoms with E-state index in [-0.39, 0.29) is 0 Å². The molecule has 0 unspecified atom stereocenters. The molecule has 2 rings (SSSR count). The Kier molecular flexibility index (Phi) is 2.96. The Bertz CT molecular complexity index is 487. The average molecular weight is 237 g/mol. The van der Waals surface area contributed by atoms with E-state index < -0.39 is 0 Å². The number of nitrogens with two attached hydrogens (primary N) is 1. The monoisotopic (exact) mass is 237 g/mol. The molecule has 0 spiro atoms. The Labute approximate surface area is 98.5 Å². The molecule has 86 valence electrons. The van der Waals surface area contributed by atoms with Crippen molar-refractivity contribution in [3.05, 3.63) is 17.5 Å². The average Bonchev–Trinajstić information content (AvgIpc) is 2.72. The van der Waals surface area contributed by atoms with Crippen molar-refractivity contribution in [3.63, 3.8) is 0 Å². The zero-order chi connectivity index (χ0) is 11.7. The zero-order valence-corrected chi connectivity index (χ0v) is 10.5. The van der Waals surface area contributed by atoms with Gasteiger partial charge in [-0.3, -0.25) is 0 Å². The van der Waals surface area contributed by atoms with E-state index in [2.05, 4.69) is 24.0 Å². The van der Waals surface area contributed by atoms with Crippen molar-refractivity contribution in [2.75, 3.05) is 5.73 Å². The van der Waals surface area contributed by atoms with E-state index >= 15 is 0 Å². The van der Waals surface area contributed by atoms with Crippen LogP contribution < -0.4 is 5.73 Å². The summed E-state index contributed by atoms with van der Waals surface area (Å²) < 4.78 is 5.24. The van der Waals surface area contributed by atoms with Crippen molar-refractivity contribution in [2.24, 2.45) is 5.92 Å². The number of aryl methyl sites for hydroxylation is 1. The molecule has 0 aliphatic heterocycles. The summed E-state index contributed by atoms with van der Waals surface area (Å²) in [5, 5.41) is 4.74. The summed E-state index contributed by atoms with van der Waals surface area (Å²) in [4.78, 5) is 5.34. The van der Waals surface area contributed by atoms with E-state index in [1.165, 1.54) is 11.3 Å². The van der Waals surface area contributed by atoms with Gasteiger partial charge in [0.1, 0.15) is 0 Å². The number of thiophene rings is 1. The van der Waals surface area contributed by atoms with Crippen LogP contribution in [0.4, 0.5) is 5.00 Å². The molecule has 0 radical (unpaired) electrons. The predicted molar refractivity (Wildman–Crippen MR) is 65.3 cm³/mol. The predicted octanol–water partition coefficient (Wildman–Crippen LogP) is 2.89. The maximum atomic E-state index is 5.73. The minimum Gasteiger partial charge on any atom is -0.391 e. The fourth-order valence-electron chi connectivity index (χ4n) is 1.51. The van der Waals surface area contributed by atoms with Gasteiger partial charge in [0.25, 0.3) is 5.89 Å². The van der Waals surface area contributed by atoms with Crippen molar-refractivity contribution in [1.29, 1.82) is 0 Å². The molecule has 0 saturated heterocycles. The molecule has 2 aromatic heterocycles. The number of rotatable bonds is 3. The lowest BCUT2D eigenvalue weighted by molar-refractivity contribution is 0.418. The SMILES string of the molecule is Cc1cc(N)sc1-c1nc(CC(C)C)no1. The van der Waals surface area contributed by atoms with E-state index in [0.29, 0.717) is 11.8 Å². The quantitative estimate of drug-likeness (QED) is 0.891. The van der Waals surface area contributed by atoms with E-state index in [0.717, 1.165) is 27.7 Å². The maximum absolute atomic E-state index is 5.73. The van der Waals surface area contributed by atoms with Crippen molar-refractivity contribution in [2.45, 2.75) is 27.2 Å². The highest BCUT2D eigenvalue weighted by Gasteiger charge is 2.14. The summed E-state index contributed by atoms with van der Waals surface area (Å²) in [6.07, 6.45) is 0.837. The van der Waals surface area contributed by atoms with Gasteiger partial charge in [0, 0.05) is 6.42 Å². The largest absolute Gasteiger partial charge is 0.391 e. The fourth-order valence-corrected chi connectivity index (χ4v) is 2.37. The van der Waals surface area contributed by atoms with Gasteiger partial charge in [0.2, 0.25) is 0 Å². The lowest BCUT2D eigenvalue weighted by Crippen LogP contribution is -1.95. The van der Waals surface area contributed by atoms with E-state index in [9.17, 15) is 0 Å². The first-order chi connectivity index (χ1) is 7.56. The van der Waals surface area contributed by atoms with Gasteiger partial charge < -0.3 is 10.3 Å². The molecule has 0 fully saturated rings. The molecule has 0 saturated carbocycles. The van der Waals surface area contributed by atoms with Gasteiger partial charge in [-0.25, -0.2) is 0 Å². The summed E-state index contributed by atoms with van der Waals surface area (Å²) >= 11 is 1.48. The minimum atomic E-state index is 0.528. The van der Waals surface area contributed by atoms with Crippen LogP contribution in [-0.4, -0.2) is 10.1 Å². The molecule has 0 bridgehead atoms. The molecule has 0 aliphatic rings. The van der Waals surface area contributed by atoms with Crippen LogP contribution in [0.3, 0.4) is 0 Å². The van der Waals surface area contributed by atoms with Crippen LogP contribution in [0.5, 0.6) is 0 Å². The van der Waals surface area contributed by atoms with Crippen molar-refractivity contribution in [3.8, 4) is 10.8 Å². The molecule has 0 aliphatic carbocycles. The first-order valence-corrected chi connectivity index (χ1v) is 6.06. The molecule has 0 aromatic carbocycles. The van der Waals surface area contributed by atoms with Gasteiger partial charge in [-0.05, 0) is 24.5 Å². The smallest absolute Gasteiger partial charge is 0.268 e. The van der Waals surface area contributed by atoms with Crippen LogP contribution in [0.2, 0.25) is 0 Å². The molecule has 16 heavy (non-hydrogen) atoms. The fraction of sp³-hybridized carbons (Fsp3) is 0.455. The van der Waals surface area contributed by atoms with Crippen molar-refractivity contribution in [1.82, 2.24) is 10.1 Å². The molecule has 0 atom stereocenters. The Morgan fingerprint density at radius 1 is 1.50 bits per heavy atom. The molecule has 0 amide bonds. The second kappa shape index (κ2) is 4.25. The van der Waals surface area contributed by atoms with Gasteiger partial charge in [-0.1, -0.05) is 19.0 Å². The van der Waals surface area contributed by atoms with E-state index in [1.54, 1.807) is 0 Å². The molecule has 5 heteroatoms. The highest BCUT2D eigenvalue weighted by Crippen LogP contribution is 2.32. The van der Waals surface area contributed by atoms with Crippen LogP contribution in [0.1, 0.15) is 25.2 Å². The van der Waals surface area contributed by atoms with E-state index in [1.807, 2.05) is 13.0 Å². The third kappa shape index (κ3) is 2.24. The van der Waals surface area contributed by atoms with Gasteiger partial charge in [-0.2, -0.15) is 4.98 Å². The summed E-state index contributed by atoms with van der Waals surface area (Å²) in [7, 11) is 0. The number of hydrogen-bond donors (Lipinski definition) is 1. The second-order valence-corrected chi connectivity index (χ2v) is 5.36. The first-order valence-electron chi connectivity index (χ1n) is 5.25. The third-order valence-electron chi connectivity index (χ3n) is 2.19. The molecule has 4 nitrogen and oxygen atoms in total. The summed E-state index contributed by atoms with van der Waals surface area (Å²) in [5.74, 6) is 1.87. The number of nitrogen functional groups attached to an aromatic ring is 1. The number of hydrogen-bond acceptors (Lipinski definition) is 5. The lowest BCUT2D eigenvalue weighted by atomic mass is 10.1. The second-order valence-electron chi connectivity index (χ2n) is 4.27. The summed E-state index contributed by atoms with van der Waals surface area (Å²) in [6, 6.07) is 1.92. The highest BCUT2D eigenvalue weighted by atomic mass is 32.1. The van der Waals surface area contributed by atoms with Crippen LogP contribution in [0.25, 0.3) is 10.8 Å². The molecular formula is C11H15N3OS. The Morgan fingerprint density at radius 2 is 2.25 bits per heavy atom. The first kappa shape index (κ1) is 11.1. The Morgan fingerprint density at radius 3 is 2.81 bits per heavy atom. The number of aromatic nitrogens is 2.